The Morgan fingerprint density at radius 3 is 2.60 bits per heavy atom. The van der Waals surface area contributed by atoms with Crippen LogP contribution < -0.4 is 10.6 Å². The number of hydrogen-bond donors (Lipinski definition) is 3. The van der Waals surface area contributed by atoms with E-state index in [0.29, 0.717) is 6.42 Å². The number of carbonyl (C=O) groups excluding carboxylic acids is 1. The van der Waals surface area contributed by atoms with Crippen LogP contribution in [-0.2, 0) is 10.8 Å². The number of aliphatic hydroxyl groups is 1. The van der Waals surface area contributed by atoms with Gasteiger partial charge < -0.3 is 15.7 Å². The largest absolute Gasteiger partial charge is 0.394 e. The third-order valence-electron chi connectivity index (χ3n) is 3.04. The lowest BCUT2D eigenvalue weighted by Crippen LogP contribution is -2.50. The van der Waals surface area contributed by atoms with Crippen molar-refractivity contribution < 1.29 is 18.5 Å². The van der Waals surface area contributed by atoms with Gasteiger partial charge in [-0.1, -0.05) is 6.92 Å². The molecule has 0 radical (unpaired) electrons. The van der Waals surface area contributed by atoms with Gasteiger partial charge in [0.05, 0.1) is 27.8 Å². The summed E-state index contributed by atoms with van der Waals surface area (Å²) in [6, 6.07) is 3.42. The number of rotatable bonds is 5. The molecule has 0 spiro atoms. The zero-order chi connectivity index (χ0) is 15.3. The van der Waals surface area contributed by atoms with Gasteiger partial charge in [0.25, 0.3) is 0 Å². The molecule has 1 rings (SSSR count). The highest BCUT2D eigenvalue weighted by Gasteiger charge is 2.23. The lowest BCUT2D eigenvalue weighted by molar-refractivity contribution is 0.172. The summed E-state index contributed by atoms with van der Waals surface area (Å²) in [5, 5.41) is 14.3. The van der Waals surface area contributed by atoms with E-state index in [1.807, 2.05) is 6.92 Å². The van der Waals surface area contributed by atoms with E-state index in [0.717, 1.165) is 6.07 Å². The first-order valence-corrected chi connectivity index (χ1v) is 7.70. The Kier molecular flexibility index (Phi) is 5.64. The summed E-state index contributed by atoms with van der Waals surface area (Å²) in [7, 11) is -1.42. The molecule has 2 atom stereocenters. The molecule has 0 aliphatic heterocycles. The van der Waals surface area contributed by atoms with Gasteiger partial charge in [-0.05, 0) is 31.5 Å². The number of hydrogen-bond acceptors (Lipinski definition) is 3. The first kappa shape index (κ1) is 16.6. The molecule has 0 aromatic heterocycles. The van der Waals surface area contributed by atoms with Crippen molar-refractivity contribution in [1.82, 2.24) is 5.32 Å². The molecule has 20 heavy (non-hydrogen) atoms. The van der Waals surface area contributed by atoms with Gasteiger partial charge >= 0.3 is 6.03 Å². The Morgan fingerprint density at radius 1 is 1.50 bits per heavy atom. The van der Waals surface area contributed by atoms with Gasteiger partial charge in [-0.15, -0.1) is 0 Å². The van der Waals surface area contributed by atoms with Crippen LogP contribution in [-0.4, -0.2) is 33.7 Å². The third-order valence-corrected chi connectivity index (χ3v) is 3.99. The molecular weight excluding hydrogens is 283 g/mol. The summed E-state index contributed by atoms with van der Waals surface area (Å²) in [6.07, 6.45) is 1.94. The van der Waals surface area contributed by atoms with Crippen molar-refractivity contribution in [2.75, 3.05) is 18.2 Å². The average molecular weight is 302 g/mol. The van der Waals surface area contributed by atoms with Crippen LogP contribution >= 0.6 is 0 Å². The van der Waals surface area contributed by atoms with E-state index in [1.54, 1.807) is 6.92 Å². The zero-order valence-electron chi connectivity index (χ0n) is 11.7. The first-order chi connectivity index (χ1) is 9.31. The van der Waals surface area contributed by atoms with Crippen LogP contribution in [0.1, 0.15) is 20.3 Å². The fourth-order valence-corrected chi connectivity index (χ4v) is 2.08. The SMILES string of the molecule is CCC(C)(CO)NC(=O)Nc1ccc(S(C)=O)c(F)c1. The Morgan fingerprint density at radius 2 is 2.15 bits per heavy atom. The van der Waals surface area contributed by atoms with Gasteiger partial charge in [0, 0.05) is 11.9 Å². The molecule has 0 saturated heterocycles. The molecule has 0 fully saturated rings. The van der Waals surface area contributed by atoms with Gasteiger partial charge in [0.1, 0.15) is 5.82 Å². The molecule has 0 heterocycles. The van der Waals surface area contributed by atoms with E-state index in [-0.39, 0.29) is 17.2 Å². The molecule has 2 amide bonds. The van der Waals surface area contributed by atoms with Gasteiger partial charge in [0.2, 0.25) is 0 Å². The van der Waals surface area contributed by atoms with Crippen LogP contribution in [0.5, 0.6) is 0 Å². The Hall–Kier alpha value is -1.47. The van der Waals surface area contributed by atoms with E-state index >= 15 is 0 Å². The summed E-state index contributed by atoms with van der Waals surface area (Å²) >= 11 is 0. The predicted molar refractivity (Wildman–Crippen MR) is 76.7 cm³/mol. The maximum absolute atomic E-state index is 13.6. The van der Waals surface area contributed by atoms with Crippen LogP contribution in [0.3, 0.4) is 0 Å². The van der Waals surface area contributed by atoms with Crippen molar-refractivity contribution in [3.63, 3.8) is 0 Å². The monoisotopic (exact) mass is 302 g/mol. The molecule has 7 heteroatoms. The summed E-state index contributed by atoms with van der Waals surface area (Å²) in [4.78, 5) is 11.8. The summed E-state index contributed by atoms with van der Waals surface area (Å²) in [6.45, 7) is 3.34. The van der Waals surface area contributed by atoms with E-state index in [4.69, 9.17) is 0 Å². The second kappa shape index (κ2) is 6.81. The van der Waals surface area contributed by atoms with Crippen molar-refractivity contribution in [2.45, 2.75) is 30.7 Å². The highest BCUT2D eigenvalue weighted by Crippen LogP contribution is 2.17. The quantitative estimate of drug-likeness (QED) is 0.776. The van der Waals surface area contributed by atoms with Gasteiger partial charge in [-0.3, -0.25) is 4.21 Å². The highest BCUT2D eigenvalue weighted by molar-refractivity contribution is 7.84. The molecule has 0 saturated carbocycles. The number of urea groups is 1. The molecule has 112 valence electrons. The number of anilines is 1. The average Bonchev–Trinajstić information content (AvgIpc) is 2.38. The van der Waals surface area contributed by atoms with E-state index in [2.05, 4.69) is 10.6 Å². The van der Waals surface area contributed by atoms with E-state index in [1.165, 1.54) is 18.4 Å². The second-order valence-electron chi connectivity index (χ2n) is 4.75. The van der Waals surface area contributed by atoms with Crippen molar-refractivity contribution in [1.29, 1.82) is 0 Å². The number of amides is 2. The molecule has 0 aliphatic rings. The van der Waals surface area contributed by atoms with Crippen LogP contribution in [0.25, 0.3) is 0 Å². The number of benzene rings is 1. The van der Waals surface area contributed by atoms with E-state index in [9.17, 15) is 18.5 Å². The standard InChI is InChI=1S/C13H19FN2O3S/c1-4-13(2,8-17)16-12(18)15-9-5-6-11(20(3)19)10(14)7-9/h5-7,17H,4,8H2,1-3H3,(H2,15,16,18). The second-order valence-corrected chi connectivity index (χ2v) is 6.10. The Bertz CT molecular complexity index is 518. The molecule has 1 aromatic carbocycles. The summed E-state index contributed by atoms with van der Waals surface area (Å²) in [5.74, 6) is -0.635. The third kappa shape index (κ3) is 4.28. The first-order valence-electron chi connectivity index (χ1n) is 6.14. The number of carbonyl (C=O) groups is 1. The highest BCUT2D eigenvalue weighted by atomic mass is 32.2. The molecule has 1 aromatic rings. The molecule has 2 unspecified atom stereocenters. The van der Waals surface area contributed by atoms with Crippen LogP contribution in [0.2, 0.25) is 0 Å². The molecule has 0 aliphatic carbocycles. The number of nitrogens with one attached hydrogen (secondary N) is 2. The molecular formula is C13H19FN2O3S. The van der Waals surface area contributed by atoms with Crippen LogP contribution in [0.15, 0.2) is 23.1 Å². The van der Waals surface area contributed by atoms with Crippen LogP contribution in [0, 0.1) is 5.82 Å². The lowest BCUT2D eigenvalue weighted by Gasteiger charge is -2.27. The fourth-order valence-electron chi connectivity index (χ4n) is 1.49. The predicted octanol–water partition coefficient (Wildman–Crippen LogP) is 1.85. The van der Waals surface area contributed by atoms with Crippen LogP contribution in [0.4, 0.5) is 14.9 Å². The summed E-state index contributed by atoms with van der Waals surface area (Å²) < 4.78 is 24.8. The topological polar surface area (TPSA) is 78.4 Å². The van der Waals surface area contributed by atoms with Gasteiger partial charge in [0.15, 0.2) is 0 Å². The van der Waals surface area contributed by atoms with Crippen molar-refractivity contribution >= 4 is 22.5 Å². The smallest absolute Gasteiger partial charge is 0.319 e. The minimum Gasteiger partial charge on any atom is -0.394 e. The number of halogens is 1. The van der Waals surface area contributed by atoms with Crippen molar-refractivity contribution in [3.05, 3.63) is 24.0 Å². The summed E-state index contributed by atoms with van der Waals surface area (Å²) in [5.41, 5.74) is -0.474. The molecule has 3 N–H and O–H groups in total. The number of aliphatic hydroxyl groups excluding tert-OH is 1. The lowest BCUT2D eigenvalue weighted by atomic mass is 10.0. The Labute approximate surface area is 120 Å². The maximum atomic E-state index is 13.6. The Balaban J connectivity index is 2.77. The normalized spacial score (nSPS) is 15.2. The van der Waals surface area contributed by atoms with E-state index < -0.39 is 28.2 Å². The van der Waals surface area contributed by atoms with Gasteiger partial charge in [-0.25, -0.2) is 9.18 Å². The van der Waals surface area contributed by atoms with Crippen molar-refractivity contribution in [3.8, 4) is 0 Å². The minimum absolute atomic E-state index is 0.0877. The fraction of sp³-hybridized carbons (Fsp3) is 0.462. The molecule has 5 nitrogen and oxygen atoms in total. The zero-order valence-corrected chi connectivity index (χ0v) is 12.5. The minimum atomic E-state index is -1.42. The maximum Gasteiger partial charge on any atom is 0.319 e. The van der Waals surface area contributed by atoms with Crippen molar-refractivity contribution in [2.24, 2.45) is 0 Å². The van der Waals surface area contributed by atoms with Gasteiger partial charge in [-0.2, -0.15) is 0 Å². The molecule has 0 bridgehead atoms.